The maximum absolute atomic E-state index is 14.7. The number of carbonyl (C=O) groups is 1. The van der Waals surface area contributed by atoms with E-state index in [1.165, 1.54) is 25.0 Å². The van der Waals surface area contributed by atoms with Gasteiger partial charge in [0.15, 0.2) is 0 Å². The zero-order valence-electron chi connectivity index (χ0n) is 22.9. The number of carbonyl (C=O) groups excluding carboxylic acids is 1. The highest BCUT2D eigenvalue weighted by Crippen LogP contribution is 2.27. The first kappa shape index (κ1) is 26.5. The number of nitrogens with one attached hydrogen (secondary N) is 2. The maximum atomic E-state index is 14.7. The second-order valence-electron chi connectivity index (χ2n) is 11.7. The van der Waals surface area contributed by atoms with Crippen LogP contribution in [0.2, 0.25) is 25.7 Å². The molecule has 5 rings (SSSR count). The van der Waals surface area contributed by atoms with Crippen molar-refractivity contribution in [3.8, 4) is 0 Å². The average molecular weight is 537 g/mol. The summed E-state index contributed by atoms with van der Waals surface area (Å²) in [4.78, 5) is 20.2. The van der Waals surface area contributed by atoms with Gasteiger partial charge in [-0.25, -0.2) is 4.39 Å². The lowest BCUT2D eigenvalue weighted by Gasteiger charge is -2.22. The number of likely N-dealkylation sites (tertiary alicyclic amines) is 1. The quantitative estimate of drug-likeness (QED) is 0.205. The molecule has 0 spiro atoms. The average Bonchev–Trinajstić information content (AvgIpc) is 3.53. The fraction of sp³-hybridized carbons (Fsp3) is 0.464. The van der Waals surface area contributed by atoms with Gasteiger partial charge in [-0.3, -0.25) is 19.8 Å². The van der Waals surface area contributed by atoms with Crippen LogP contribution in [-0.4, -0.2) is 57.8 Å². The van der Waals surface area contributed by atoms with Gasteiger partial charge in [0.1, 0.15) is 12.5 Å². The molecule has 1 fully saturated rings. The molecule has 4 aromatic rings. The first-order valence-electron chi connectivity index (χ1n) is 13.3. The zero-order valence-corrected chi connectivity index (χ0v) is 23.9. The number of hydrogen-bond acceptors (Lipinski definition) is 5. The molecule has 3 aromatic heterocycles. The zero-order chi connectivity index (χ0) is 27.0. The standard InChI is InChI=1S/C28H37FN6O2Si/c1-18-7-6-8-34(18)16-21-12-26-27(35(21)17-37-9-10-38(3,4)5)11-20(15-30-26)31-28(36)23-13-22-19(2)32-33-25(22)14-24(23)29/h11-15,18H,6-10,16-17H2,1-5H3,(H,31,36)(H,32,33)/t18-/m0/s1. The van der Waals surface area contributed by atoms with Gasteiger partial charge < -0.3 is 14.6 Å². The molecule has 0 bridgehead atoms. The number of H-pyrrole nitrogens is 1. The van der Waals surface area contributed by atoms with Gasteiger partial charge in [-0.05, 0) is 57.5 Å². The van der Waals surface area contributed by atoms with Gasteiger partial charge in [-0.15, -0.1) is 0 Å². The van der Waals surface area contributed by atoms with Gasteiger partial charge >= 0.3 is 0 Å². The molecule has 0 aliphatic carbocycles. The van der Waals surface area contributed by atoms with Crippen LogP contribution in [0.4, 0.5) is 10.1 Å². The summed E-state index contributed by atoms with van der Waals surface area (Å²) in [6.45, 7) is 14.2. The Kier molecular flexibility index (Phi) is 7.39. The summed E-state index contributed by atoms with van der Waals surface area (Å²) in [6, 6.07) is 8.47. The molecule has 202 valence electrons. The molecule has 1 atom stereocenters. The molecule has 8 nitrogen and oxygen atoms in total. The highest BCUT2D eigenvalue weighted by atomic mass is 28.3. The number of anilines is 1. The fourth-order valence-corrected chi connectivity index (χ4v) is 5.79. The third-order valence-corrected chi connectivity index (χ3v) is 9.15. The number of nitrogens with zero attached hydrogens (tertiary/aromatic N) is 4. The summed E-state index contributed by atoms with van der Waals surface area (Å²) in [5, 5.41) is 10.5. The highest BCUT2D eigenvalue weighted by Gasteiger charge is 2.23. The first-order chi connectivity index (χ1) is 18.1. The van der Waals surface area contributed by atoms with Crippen molar-refractivity contribution in [2.75, 3.05) is 18.5 Å². The smallest absolute Gasteiger partial charge is 0.258 e. The van der Waals surface area contributed by atoms with Crippen molar-refractivity contribution in [3.05, 3.63) is 53.2 Å². The monoisotopic (exact) mass is 536 g/mol. The van der Waals surface area contributed by atoms with E-state index in [1.807, 2.05) is 13.0 Å². The number of rotatable bonds is 9. The molecule has 38 heavy (non-hydrogen) atoms. The highest BCUT2D eigenvalue weighted by molar-refractivity contribution is 6.76. The SMILES string of the molecule is Cc1[nH]nc2cc(F)c(C(=O)Nc3cnc4cc(CN5CCC[C@@H]5C)n(COCC[Si](C)(C)C)c4c3)cc12. The number of ether oxygens (including phenoxy) is 1. The summed E-state index contributed by atoms with van der Waals surface area (Å²) in [7, 11) is -1.20. The number of aromatic amines is 1. The Morgan fingerprint density at radius 3 is 2.79 bits per heavy atom. The van der Waals surface area contributed by atoms with Crippen LogP contribution in [0.15, 0.2) is 30.5 Å². The van der Waals surface area contributed by atoms with Gasteiger partial charge in [0.05, 0.1) is 34.0 Å². The predicted molar refractivity (Wildman–Crippen MR) is 152 cm³/mol. The van der Waals surface area contributed by atoms with E-state index in [9.17, 15) is 9.18 Å². The van der Waals surface area contributed by atoms with Crippen molar-refractivity contribution >= 4 is 41.6 Å². The van der Waals surface area contributed by atoms with Crippen LogP contribution >= 0.6 is 0 Å². The molecule has 10 heteroatoms. The minimum absolute atomic E-state index is 0.0316. The van der Waals surface area contributed by atoms with Crippen LogP contribution in [0.3, 0.4) is 0 Å². The van der Waals surface area contributed by atoms with Gasteiger partial charge in [-0.2, -0.15) is 5.10 Å². The maximum Gasteiger partial charge on any atom is 0.258 e. The van der Waals surface area contributed by atoms with E-state index in [0.717, 1.165) is 46.9 Å². The van der Waals surface area contributed by atoms with E-state index in [0.29, 0.717) is 30.6 Å². The molecule has 0 saturated carbocycles. The Morgan fingerprint density at radius 2 is 2.05 bits per heavy atom. The van der Waals surface area contributed by atoms with Gasteiger partial charge in [0.2, 0.25) is 0 Å². The molecule has 1 aliphatic rings. The van der Waals surface area contributed by atoms with Crippen LogP contribution in [-0.2, 0) is 18.0 Å². The minimum Gasteiger partial charge on any atom is -0.361 e. The Hall–Kier alpha value is -3.08. The lowest BCUT2D eigenvalue weighted by atomic mass is 10.1. The molecule has 1 aliphatic heterocycles. The van der Waals surface area contributed by atoms with Crippen molar-refractivity contribution < 1.29 is 13.9 Å². The summed E-state index contributed by atoms with van der Waals surface area (Å²) in [5.74, 6) is -1.14. The number of benzene rings is 1. The molecular formula is C28H37FN6O2Si. The van der Waals surface area contributed by atoms with E-state index < -0.39 is 19.8 Å². The Labute approximate surface area is 223 Å². The Morgan fingerprint density at radius 1 is 1.24 bits per heavy atom. The summed E-state index contributed by atoms with van der Waals surface area (Å²) >= 11 is 0. The fourth-order valence-electron chi connectivity index (χ4n) is 5.04. The summed E-state index contributed by atoms with van der Waals surface area (Å²) in [5.41, 5.74) is 4.63. The van der Waals surface area contributed by atoms with E-state index in [1.54, 1.807) is 6.20 Å². The van der Waals surface area contributed by atoms with Crippen LogP contribution in [0.5, 0.6) is 0 Å². The largest absolute Gasteiger partial charge is 0.361 e. The number of hydrogen-bond donors (Lipinski definition) is 2. The van der Waals surface area contributed by atoms with Crippen LogP contribution in [0, 0.1) is 12.7 Å². The number of halogens is 1. The van der Waals surface area contributed by atoms with E-state index >= 15 is 0 Å². The predicted octanol–water partition coefficient (Wildman–Crippen LogP) is 5.91. The normalized spacial score (nSPS) is 16.6. The van der Waals surface area contributed by atoms with E-state index in [4.69, 9.17) is 4.74 Å². The Bertz CT molecular complexity index is 1470. The summed E-state index contributed by atoms with van der Waals surface area (Å²) < 4.78 is 23.0. The molecular weight excluding hydrogens is 499 g/mol. The van der Waals surface area contributed by atoms with Crippen LogP contribution in [0.25, 0.3) is 21.9 Å². The van der Waals surface area contributed by atoms with Crippen molar-refractivity contribution in [1.29, 1.82) is 0 Å². The van der Waals surface area contributed by atoms with Crippen molar-refractivity contribution in [2.24, 2.45) is 0 Å². The topological polar surface area (TPSA) is 88.1 Å². The molecule has 0 unspecified atom stereocenters. The molecule has 2 N–H and O–H groups in total. The number of fused-ring (bicyclic) bond motifs is 2. The van der Waals surface area contributed by atoms with Crippen molar-refractivity contribution in [2.45, 2.75) is 71.7 Å². The summed E-state index contributed by atoms with van der Waals surface area (Å²) in [6.07, 6.45) is 4.05. The molecule has 1 aromatic carbocycles. The lowest BCUT2D eigenvalue weighted by Crippen LogP contribution is -2.27. The van der Waals surface area contributed by atoms with Crippen LogP contribution < -0.4 is 5.32 Å². The van der Waals surface area contributed by atoms with Gasteiger partial charge in [0, 0.05) is 50.1 Å². The lowest BCUT2D eigenvalue weighted by molar-refractivity contribution is 0.0863. The molecule has 0 radical (unpaired) electrons. The number of pyridine rings is 1. The molecule has 1 saturated heterocycles. The van der Waals surface area contributed by atoms with Gasteiger partial charge in [0.25, 0.3) is 5.91 Å². The molecule has 1 amide bonds. The van der Waals surface area contributed by atoms with Crippen LogP contribution in [0.1, 0.15) is 41.5 Å². The number of aryl methyl sites for hydroxylation is 1. The Balaban J connectivity index is 1.42. The van der Waals surface area contributed by atoms with Gasteiger partial charge in [-0.1, -0.05) is 19.6 Å². The first-order valence-corrected chi connectivity index (χ1v) is 17.1. The third kappa shape index (κ3) is 5.67. The third-order valence-electron chi connectivity index (χ3n) is 7.45. The van der Waals surface area contributed by atoms with E-state index in [-0.39, 0.29) is 5.56 Å². The van der Waals surface area contributed by atoms with E-state index in [2.05, 4.69) is 62.6 Å². The number of amides is 1. The number of aromatic nitrogens is 4. The van der Waals surface area contributed by atoms with Crippen molar-refractivity contribution in [1.82, 2.24) is 24.6 Å². The second-order valence-corrected chi connectivity index (χ2v) is 17.3. The molecule has 4 heterocycles. The van der Waals surface area contributed by atoms with Crippen molar-refractivity contribution in [3.63, 3.8) is 0 Å². The minimum atomic E-state index is -1.20. The second kappa shape index (κ2) is 10.6.